The summed E-state index contributed by atoms with van der Waals surface area (Å²) in [6.45, 7) is 6.18. The third kappa shape index (κ3) is 4.60. The Hall–Kier alpha value is -0.910. The monoisotopic (exact) mass is 285 g/mol. The minimum atomic E-state index is -3.46. The molecule has 19 heavy (non-hydrogen) atoms. The molecule has 5 heteroatoms. The largest absolute Gasteiger partial charge is 0.396 e. The van der Waals surface area contributed by atoms with Gasteiger partial charge in [0.05, 0.1) is 4.90 Å². The van der Waals surface area contributed by atoms with E-state index in [1.54, 1.807) is 19.1 Å². The maximum absolute atomic E-state index is 12.2. The van der Waals surface area contributed by atoms with Crippen molar-refractivity contribution in [3.05, 3.63) is 29.3 Å². The van der Waals surface area contributed by atoms with Crippen LogP contribution in [-0.4, -0.2) is 26.7 Å². The van der Waals surface area contributed by atoms with Crippen LogP contribution in [0.3, 0.4) is 0 Å². The molecule has 0 saturated carbocycles. The van der Waals surface area contributed by atoms with Gasteiger partial charge in [0.1, 0.15) is 0 Å². The van der Waals surface area contributed by atoms with Crippen molar-refractivity contribution >= 4 is 10.0 Å². The number of nitrogens with one attached hydrogen (secondary N) is 1. The fourth-order valence-electron chi connectivity index (χ4n) is 2.04. The van der Waals surface area contributed by atoms with E-state index in [2.05, 4.69) is 4.72 Å². The molecular formula is C14H23NO3S. The molecule has 1 rings (SSSR count). The van der Waals surface area contributed by atoms with Gasteiger partial charge in [-0.3, -0.25) is 0 Å². The van der Waals surface area contributed by atoms with Crippen LogP contribution in [0.5, 0.6) is 0 Å². The SMILES string of the molecule is CCC(CCO)CNS(=O)(=O)c1ccc(C)cc1C. The predicted molar refractivity (Wildman–Crippen MR) is 76.6 cm³/mol. The Morgan fingerprint density at radius 3 is 2.53 bits per heavy atom. The van der Waals surface area contributed by atoms with Gasteiger partial charge in [0.25, 0.3) is 0 Å². The lowest BCUT2D eigenvalue weighted by atomic mass is 10.0. The first-order valence-electron chi connectivity index (χ1n) is 6.58. The second kappa shape index (κ2) is 7.03. The second-order valence-electron chi connectivity index (χ2n) is 4.91. The molecule has 0 spiro atoms. The average Bonchev–Trinajstić information content (AvgIpc) is 2.34. The fraction of sp³-hybridized carbons (Fsp3) is 0.571. The molecule has 108 valence electrons. The van der Waals surface area contributed by atoms with Gasteiger partial charge in [-0.05, 0) is 37.8 Å². The summed E-state index contributed by atoms with van der Waals surface area (Å²) >= 11 is 0. The van der Waals surface area contributed by atoms with E-state index in [4.69, 9.17) is 5.11 Å². The van der Waals surface area contributed by atoms with Crippen molar-refractivity contribution in [2.75, 3.05) is 13.2 Å². The summed E-state index contributed by atoms with van der Waals surface area (Å²) in [5.74, 6) is 0.172. The number of hydrogen-bond acceptors (Lipinski definition) is 3. The zero-order valence-electron chi connectivity index (χ0n) is 11.8. The molecule has 0 amide bonds. The Kier molecular flexibility index (Phi) is 5.97. The highest BCUT2D eigenvalue weighted by molar-refractivity contribution is 7.89. The van der Waals surface area contributed by atoms with Gasteiger partial charge in [0, 0.05) is 13.2 Å². The molecule has 1 unspecified atom stereocenters. The average molecular weight is 285 g/mol. The molecule has 0 bridgehead atoms. The highest BCUT2D eigenvalue weighted by Gasteiger charge is 2.18. The Bertz CT molecular complexity index is 511. The number of aryl methyl sites for hydroxylation is 2. The molecule has 4 nitrogen and oxygen atoms in total. The Labute approximate surface area is 115 Å². The molecule has 0 aliphatic rings. The molecule has 0 heterocycles. The molecule has 1 aromatic rings. The summed E-state index contributed by atoms with van der Waals surface area (Å²) in [6.07, 6.45) is 1.46. The lowest BCUT2D eigenvalue weighted by Crippen LogP contribution is -2.30. The summed E-state index contributed by atoms with van der Waals surface area (Å²) in [4.78, 5) is 0.331. The first-order valence-corrected chi connectivity index (χ1v) is 8.06. The van der Waals surface area contributed by atoms with Crippen LogP contribution in [-0.2, 0) is 10.0 Å². The lowest BCUT2D eigenvalue weighted by Gasteiger charge is -2.15. The molecule has 0 aliphatic carbocycles. The summed E-state index contributed by atoms with van der Waals surface area (Å²) in [6, 6.07) is 5.30. The third-order valence-corrected chi connectivity index (χ3v) is 4.88. The lowest BCUT2D eigenvalue weighted by molar-refractivity contribution is 0.254. The van der Waals surface area contributed by atoms with Gasteiger partial charge >= 0.3 is 0 Å². The van der Waals surface area contributed by atoms with Crippen molar-refractivity contribution in [3.8, 4) is 0 Å². The molecule has 1 aromatic carbocycles. The van der Waals surface area contributed by atoms with Gasteiger partial charge in [0.15, 0.2) is 0 Å². The minimum absolute atomic E-state index is 0.0871. The first-order chi connectivity index (χ1) is 8.90. The first kappa shape index (κ1) is 16.1. The van der Waals surface area contributed by atoms with Crippen LogP contribution in [0, 0.1) is 19.8 Å². The summed E-state index contributed by atoms with van der Waals surface area (Å²) < 4.78 is 27.1. The predicted octanol–water partition coefficient (Wildman–Crippen LogP) is 1.99. The van der Waals surface area contributed by atoms with E-state index in [0.29, 0.717) is 17.9 Å². The number of rotatable bonds is 7. The second-order valence-corrected chi connectivity index (χ2v) is 6.64. The molecule has 0 fully saturated rings. The molecule has 0 saturated heterocycles. The highest BCUT2D eigenvalue weighted by Crippen LogP contribution is 2.17. The van der Waals surface area contributed by atoms with Crippen LogP contribution < -0.4 is 4.72 Å². The summed E-state index contributed by atoms with van der Waals surface area (Å²) in [5.41, 5.74) is 1.80. The molecular weight excluding hydrogens is 262 g/mol. The van der Waals surface area contributed by atoms with E-state index in [1.807, 2.05) is 19.9 Å². The zero-order valence-corrected chi connectivity index (χ0v) is 12.6. The topological polar surface area (TPSA) is 66.4 Å². The van der Waals surface area contributed by atoms with Gasteiger partial charge < -0.3 is 5.11 Å². The normalized spacial score (nSPS) is 13.5. The number of aliphatic hydroxyl groups is 1. The molecule has 2 N–H and O–H groups in total. The third-order valence-electron chi connectivity index (χ3n) is 3.30. The van der Waals surface area contributed by atoms with Crippen molar-refractivity contribution in [2.45, 2.75) is 38.5 Å². The van der Waals surface area contributed by atoms with E-state index in [0.717, 1.165) is 17.5 Å². The van der Waals surface area contributed by atoms with Crippen molar-refractivity contribution in [1.29, 1.82) is 0 Å². The molecule has 0 aromatic heterocycles. The van der Waals surface area contributed by atoms with E-state index in [1.165, 1.54) is 0 Å². The van der Waals surface area contributed by atoms with E-state index in [-0.39, 0.29) is 12.5 Å². The van der Waals surface area contributed by atoms with E-state index < -0.39 is 10.0 Å². The van der Waals surface area contributed by atoms with Gasteiger partial charge in [-0.25, -0.2) is 13.1 Å². The number of benzene rings is 1. The number of aliphatic hydroxyl groups excluding tert-OH is 1. The van der Waals surface area contributed by atoms with Crippen LogP contribution >= 0.6 is 0 Å². The van der Waals surface area contributed by atoms with Crippen molar-refractivity contribution in [2.24, 2.45) is 5.92 Å². The zero-order chi connectivity index (χ0) is 14.5. The Balaban J connectivity index is 2.81. The fourth-order valence-corrected chi connectivity index (χ4v) is 3.38. The molecule has 0 radical (unpaired) electrons. The van der Waals surface area contributed by atoms with Crippen LogP contribution in [0.1, 0.15) is 30.9 Å². The smallest absolute Gasteiger partial charge is 0.240 e. The highest BCUT2D eigenvalue weighted by atomic mass is 32.2. The van der Waals surface area contributed by atoms with Gasteiger partial charge in [-0.2, -0.15) is 0 Å². The van der Waals surface area contributed by atoms with Crippen molar-refractivity contribution < 1.29 is 13.5 Å². The molecule has 0 aliphatic heterocycles. The van der Waals surface area contributed by atoms with E-state index in [9.17, 15) is 8.42 Å². The quantitative estimate of drug-likeness (QED) is 0.805. The maximum Gasteiger partial charge on any atom is 0.240 e. The Morgan fingerprint density at radius 2 is 2.00 bits per heavy atom. The number of sulfonamides is 1. The Morgan fingerprint density at radius 1 is 1.32 bits per heavy atom. The van der Waals surface area contributed by atoms with Gasteiger partial charge in [-0.1, -0.05) is 31.0 Å². The molecule has 1 atom stereocenters. The summed E-state index contributed by atoms with van der Waals surface area (Å²) in [5, 5.41) is 8.91. The maximum atomic E-state index is 12.2. The standard InChI is InChI=1S/C14H23NO3S/c1-4-13(7-8-16)10-15-19(17,18)14-6-5-11(2)9-12(14)3/h5-6,9,13,15-16H,4,7-8,10H2,1-3H3. The minimum Gasteiger partial charge on any atom is -0.396 e. The van der Waals surface area contributed by atoms with Crippen LogP contribution in [0.4, 0.5) is 0 Å². The van der Waals surface area contributed by atoms with Gasteiger partial charge in [-0.15, -0.1) is 0 Å². The van der Waals surface area contributed by atoms with Gasteiger partial charge in [0.2, 0.25) is 10.0 Å². The van der Waals surface area contributed by atoms with Crippen LogP contribution in [0.15, 0.2) is 23.1 Å². The van der Waals surface area contributed by atoms with Crippen molar-refractivity contribution in [1.82, 2.24) is 4.72 Å². The van der Waals surface area contributed by atoms with E-state index >= 15 is 0 Å². The van der Waals surface area contributed by atoms with Crippen molar-refractivity contribution in [3.63, 3.8) is 0 Å². The van der Waals surface area contributed by atoms with Crippen LogP contribution in [0.25, 0.3) is 0 Å². The number of hydrogen-bond donors (Lipinski definition) is 2. The summed E-state index contributed by atoms with van der Waals surface area (Å²) in [7, 11) is -3.46. The van der Waals surface area contributed by atoms with Crippen LogP contribution in [0.2, 0.25) is 0 Å².